The van der Waals surface area contributed by atoms with Crippen LogP contribution in [0.25, 0.3) is 42.8 Å². The maximum absolute atomic E-state index is 6.56. The van der Waals surface area contributed by atoms with Crippen LogP contribution in [0.4, 0.5) is 0 Å². The average Bonchev–Trinajstić information content (AvgIpc) is 3.60. The summed E-state index contributed by atoms with van der Waals surface area (Å²) in [4.78, 5) is 9.49. The zero-order valence-corrected chi connectivity index (χ0v) is 31.4. The smallest absolute Gasteiger partial charge is 0.239 e. The third kappa shape index (κ3) is 5.96. The Morgan fingerprint density at radius 3 is 2.16 bits per heavy atom. The molecule has 0 aliphatic carbocycles. The first kappa shape index (κ1) is 33.1. The van der Waals surface area contributed by atoms with Crippen molar-refractivity contribution in [1.29, 1.82) is 0 Å². The summed E-state index contributed by atoms with van der Waals surface area (Å²) in [6.45, 7) is 6.62. The number of thiazole rings is 1. The van der Waals surface area contributed by atoms with Gasteiger partial charge in [0.25, 0.3) is 0 Å². The van der Waals surface area contributed by atoms with Crippen molar-refractivity contribution < 1.29 is 29.6 Å². The van der Waals surface area contributed by atoms with Gasteiger partial charge < -0.3 is 14.5 Å². The number of aromatic nitrogens is 2. The number of ether oxygens (including phenoxy) is 2. The van der Waals surface area contributed by atoms with Crippen LogP contribution < -0.4 is 25.9 Å². The van der Waals surface area contributed by atoms with Gasteiger partial charge in [-0.05, 0) is 51.2 Å². The van der Waals surface area contributed by atoms with Gasteiger partial charge in [0.1, 0.15) is 11.5 Å². The molecule has 0 saturated heterocycles. The molecule has 1 radical (unpaired) electrons. The molecule has 2 aliphatic rings. The zero-order valence-electron chi connectivity index (χ0n) is 28.2. The van der Waals surface area contributed by atoms with Gasteiger partial charge in [-0.25, -0.2) is 0 Å². The Hall–Kier alpha value is -5.07. The third-order valence-electron chi connectivity index (χ3n) is 9.37. The van der Waals surface area contributed by atoms with Crippen molar-refractivity contribution >= 4 is 55.4 Å². The van der Waals surface area contributed by atoms with E-state index in [0.29, 0.717) is 0 Å². The van der Waals surface area contributed by atoms with Gasteiger partial charge >= 0.3 is 0 Å². The molecule has 0 N–H and O–H groups in total. The summed E-state index contributed by atoms with van der Waals surface area (Å²) in [6.07, 6.45) is 1.95. The van der Waals surface area contributed by atoms with Crippen LogP contribution in [0.1, 0.15) is 26.3 Å². The molecule has 10 rings (SSSR count). The minimum atomic E-state index is 0. The summed E-state index contributed by atoms with van der Waals surface area (Å²) >= 11 is 1.69. The van der Waals surface area contributed by atoms with Gasteiger partial charge in [0, 0.05) is 48.2 Å². The molecule has 249 valence electrons. The summed E-state index contributed by atoms with van der Waals surface area (Å²) in [7, 11) is 0. The quantitative estimate of drug-likeness (QED) is 0.129. The van der Waals surface area contributed by atoms with Gasteiger partial charge in [0.15, 0.2) is 0 Å². The van der Waals surface area contributed by atoms with E-state index in [-0.39, 0.29) is 32.2 Å². The van der Waals surface area contributed by atoms with Crippen LogP contribution in [-0.4, -0.2) is 16.7 Å². The van der Waals surface area contributed by atoms with Crippen LogP contribution in [0, 0.1) is 12.1 Å². The van der Waals surface area contributed by atoms with Crippen LogP contribution in [0.3, 0.4) is 0 Å². The number of fused-ring (bicyclic) bond motifs is 7. The van der Waals surface area contributed by atoms with Crippen LogP contribution in [0.5, 0.6) is 23.0 Å². The third-order valence-corrected chi connectivity index (χ3v) is 10.5. The molecule has 51 heavy (non-hydrogen) atoms. The Balaban J connectivity index is 0.000000187. The maximum Gasteiger partial charge on any atom is 0.239 e. The first-order chi connectivity index (χ1) is 24.4. The minimum Gasteiger partial charge on any atom is -0.503 e. The van der Waals surface area contributed by atoms with E-state index >= 15 is 0 Å². The van der Waals surface area contributed by atoms with Gasteiger partial charge in [0.2, 0.25) is 6.71 Å². The minimum absolute atomic E-state index is 0. The van der Waals surface area contributed by atoms with Crippen molar-refractivity contribution in [3.05, 3.63) is 151 Å². The molecule has 6 aromatic carbocycles. The normalized spacial score (nSPS) is 12.3. The van der Waals surface area contributed by atoms with Gasteiger partial charge in [-0.3, -0.25) is 4.98 Å². The second kappa shape index (κ2) is 13.2. The first-order valence-electron chi connectivity index (χ1n) is 16.8. The van der Waals surface area contributed by atoms with Crippen molar-refractivity contribution in [2.24, 2.45) is 0 Å². The number of pyridine rings is 1. The Bertz CT molecular complexity index is 2530. The van der Waals surface area contributed by atoms with E-state index in [1.54, 1.807) is 11.3 Å². The van der Waals surface area contributed by atoms with Gasteiger partial charge in [-0.1, -0.05) is 111 Å². The summed E-state index contributed by atoms with van der Waals surface area (Å²) in [5.74, 6) is 3.34. The predicted octanol–water partition coefficient (Wildman–Crippen LogP) is 9.49. The summed E-state index contributed by atoms with van der Waals surface area (Å²) in [6, 6.07) is 49.9. The molecule has 8 aromatic rings. The average molecular weight is 855 g/mol. The van der Waals surface area contributed by atoms with Gasteiger partial charge in [-0.15, -0.1) is 48.0 Å². The number of nitrogens with zero attached hydrogens (tertiary/aromatic N) is 2. The molecule has 0 bridgehead atoms. The van der Waals surface area contributed by atoms with Crippen molar-refractivity contribution in [3.63, 3.8) is 0 Å². The van der Waals surface area contributed by atoms with Crippen LogP contribution in [0.2, 0.25) is 0 Å². The van der Waals surface area contributed by atoms with E-state index in [1.165, 1.54) is 21.0 Å². The molecule has 0 atom stereocenters. The first-order valence-corrected chi connectivity index (χ1v) is 17.6. The van der Waals surface area contributed by atoms with Crippen LogP contribution in [0.15, 0.2) is 134 Å². The number of para-hydroxylation sites is 2. The molecule has 2 aromatic heterocycles. The number of rotatable bonds is 2. The van der Waals surface area contributed by atoms with Crippen molar-refractivity contribution in [2.75, 3.05) is 0 Å². The van der Waals surface area contributed by atoms with E-state index < -0.39 is 0 Å². The fourth-order valence-electron chi connectivity index (χ4n) is 6.79. The summed E-state index contributed by atoms with van der Waals surface area (Å²) in [5.41, 5.74) is 8.67. The van der Waals surface area contributed by atoms with Crippen molar-refractivity contribution in [3.8, 4) is 44.8 Å². The van der Waals surface area contributed by atoms with E-state index in [4.69, 9.17) is 14.5 Å². The molecule has 0 unspecified atom stereocenters. The van der Waals surface area contributed by atoms with Crippen molar-refractivity contribution in [1.82, 2.24) is 9.97 Å². The monoisotopic (exact) mass is 855 g/mol. The number of hydrogen-bond donors (Lipinski definition) is 0. The molecular formula is C44H31BIrN2O2S-2. The summed E-state index contributed by atoms with van der Waals surface area (Å²) < 4.78 is 14.1. The zero-order chi connectivity index (χ0) is 33.8. The Kier molecular flexibility index (Phi) is 8.59. The predicted molar refractivity (Wildman–Crippen MR) is 206 cm³/mol. The molecule has 4 heterocycles. The molecule has 0 saturated carbocycles. The van der Waals surface area contributed by atoms with E-state index in [9.17, 15) is 0 Å². The fourth-order valence-corrected chi connectivity index (χ4v) is 7.90. The van der Waals surface area contributed by atoms with Gasteiger partial charge in [-0.2, -0.15) is 11.3 Å². The number of hydrogen-bond acceptors (Lipinski definition) is 5. The Morgan fingerprint density at radius 2 is 1.43 bits per heavy atom. The maximum atomic E-state index is 6.56. The molecule has 0 spiro atoms. The molecule has 0 amide bonds. The van der Waals surface area contributed by atoms with Crippen molar-refractivity contribution in [2.45, 2.75) is 26.2 Å². The Morgan fingerprint density at radius 1 is 0.706 bits per heavy atom. The second-order valence-electron chi connectivity index (χ2n) is 13.6. The molecular weight excluding hydrogens is 824 g/mol. The van der Waals surface area contributed by atoms with Crippen LogP contribution >= 0.6 is 11.3 Å². The standard InChI is InChI=1S/C29H15BNO2S.C15H16N.Ir/c1-2-8-18-17(7-1)13-15-22-28(18)34-29(31-22)19-14-16-25-26-27(19)33-24-12-6-4-10-21(24)30(26)20-9-3-5-11-23(20)32-25;1-15(2,3)13-9-10-14(16-11-13)12-7-5-4-6-8-12;/h1-13,15-16H;4-7,9-11H,1-3H3;/q2*-1;. The molecule has 7 heteroatoms. The topological polar surface area (TPSA) is 44.2 Å². The van der Waals surface area contributed by atoms with E-state index in [0.717, 1.165) is 66.7 Å². The fraction of sp³-hybridized carbons (Fsp3) is 0.0909. The van der Waals surface area contributed by atoms with E-state index in [2.05, 4.69) is 111 Å². The number of benzene rings is 6. The van der Waals surface area contributed by atoms with E-state index in [1.807, 2.05) is 60.8 Å². The van der Waals surface area contributed by atoms with Crippen LogP contribution in [-0.2, 0) is 25.5 Å². The Labute approximate surface area is 315 Å². The van der Waals surface area contributed by atoms with Gasteiger partial charge in [0.05, 0.1) is 10.2 Å². The molecule has 4 nitrogen and oxygen atoms in total. The molecule has 0 fully saturated rings. The SMILES string of the molecule is CC(C)(C)c1ccc(-c2[c-]cccc2)nc1.[Ir].[c-]1cc2c3c(c1-c1nc4ccc5ccccc5c4s1)Oc1ccccc1B3c1ccccc1O2. The second-order valence-corrected chi connectivity index (χ2v) is 14.6. The summed E-state index contributed by atoms with van der Waals surface area (Å²) in [5, 5.41) is 3.34. The molecule has 2 aliphatic heterocycles. The largest absolute Gasteiger partial charge is 0.503 e.